The van der Waals surface area contributed by atoms with Gasteiger partial charge in [-0.3, -0.25) is 9.59 Å². The minimum atomic E-state index is -1.65. The number of aromatic nitrogens is 4. The predicted octanol–water partition coefficient (Wildman–Crippen LogP) is 1.58. The minimum Gasteiger partial charge on any atom is -0.491 e. The van der Waals surface area contributed by atoms with E-state index in [-0.39, 0.29) is 35.9 Å². The first-order valence-electron chi connectivity index (χ1n) is 15.0. The summed E-state index contributed by atoms with van der Waals surface area (Å²) in [6.07, 6.45) is 7.85. The number of rotatable bonds is 4. The molecule has 2 aromatic heterocycles. The number of fused-ring (bicyclic) bond motifs is 6. The van der Waals surface area contributed by atoms with Gasteiger partial charge in [-0.1, -0.05) is 17.8 Å². The summed E-state index contributed by atoms with van der Waals surface area (Å²) < 4.78 is 42.6. The maximum Gasteiger partial charge on any atom is 0.268 e. The van der Waals surface area contributed by atoms with E-state index < -0.39 is 41.3 Å². The van der Waals surface area contributed by atoms with Crippen molar-refractivity contribution in [1.29, 1.82) is 0 Å². The molecule has 17 heteroatoms. The number of nitrogens with zero attached hydrogens (tertiary/aromatic N) is 4. The monoisotopic (exact) mass is 770 g/mol. The van der Waals surface area contributed by atoms with Gasteiger partial charge in [0, 0.05) is 24.5 Å². The van der Waals surface area contributed by atoms with Crippen LogP contribution < -0.4 is 20.9 Å². The van der Waals surface area contributed by atoms with E-state index in [4.69, 9.17) is 42.7 Å². The number of hydrogen-bond donors (Lipinski definition) is 6. The smallest absolute Gasteiger partial charge is 0.268 e. The fourth-order valence-electron chi connectivity index (χ4n) is 4.40. The number of nitrogens with two attached hydrogens (primary N) is 2. The van der Waals surface area contributed by atoms with Crippen molar-refractivity contribution in [1.82, 2.24) is 19.1 Å². The molecule has 8 N–H and O–H groups in total. The number of benzene rings is 2. The number of aliphatic hydroxyl groups excluding tert-OH is 2. The van der Waals surface area contributed by atoms with Crippen molar-refractivity contribution in [3.8, 4) is 58.5 Å². The number of carbonyl (C=O) groups excluding carboxylic acids is 2. The highest BCUT2D eigenvalue weighted by Crippen LogP contribution is 2.36. The van der Waals surface area contributed by atoms with Gasteiger partial charge in [-0.2, -0.15) is 0 Å². The van der Waals surface area contributed by atoms with E-state index in [2.05, 4.69) is 37.7 Å². The largest absolute Gasteiger partial charge is 0.491 e. The Hall–Kier alpha value is -5.30. The van der Waals surface area contributed by atoms with Crippen LogP contribution in [0.3, 0.4) is 0 Å². The zero-order valence-corrected chi connectivity index (χ0v) is 28.9. The van der Waals surface area contributed by atoms with Crippen molar-refractivity contribution in [2.75, 3.05) is 26.4 Å². The molecule has 0 fully saturated rings. The summed E-state index contributed by atoms with van der Waals surface area (Å²) >= 11 is 3.13. The van der Waals surface area contributed by atoms with Crippen LogP contribution in [0.5, 0.6) is 11.5 Å². The second kappa shape index (κ2) is 15.7. The van der Waals surface area contributed by atoms with Crippen LogP contribution in [0.4, 0.5) is 8.78 Å². The van der Waals surface area contributed by atoms with E-state index in [1.165, 1.54) is 38.2 Å². The molecule has 0 spiro atoms. The highest BCUT2D eigenvalue weighted by atomic mass is 79.9. The van der Waals surface area contributed by atoms with E-state index in [0.29, 0.717) is 52.7 Å². The van der Waals surface area contributed by atoms with Crippen LogP contribution in [0.25, 0.3) is 22.8 Å². The summed E-state index contributed by atoms with van der Waals surface area (Å²) in [6, 6.07) is 5.49. The maximum absolute atomic E-state index is 14.3. The van der Waals surface area contributed by atoms with Crippen LogP contribution in [-0.4, -0.2) is 89.0 Å². The number of imidazole rings is 2. The maximum atomic E-state index is 14.3. The molecule has 0 saturated heterocycles. The first kappa shape index (κ1) is 38.5. The number of halogens is 3. The molecule has 51 heavy (non-hydrogen) atoms. The van der Waals surface area contributed by atoms with Gasteiger partial charge in [0.15, 0.2) is 0 Å². The molecule has 2 aliphatic heterocycles. The van der Waals surface area contributed by atoms with Crippen molar-refractivity contribution in [2.24, 2.45) is 11.5 Å². The zero-order chi connectivity index (χ0) is 37.7. The molecule has 6 rings (SSSR count). The Kier molecular flexibility index (Phi) is 11.9. The lowest BCUT2D eigenvalue weighted by Gasteiger charge is -2.11. The second-order valence-corrected chi connectivity index (χ2v) is 12.4. The van der Waals surface area contributed by atoms with Crippen LogP contribution >= 0.6 is 15.9 Å². The van der Waals surface area contributed by atoms with Crippen LogP contribution in [0.2, 0.25) is 0 Å². The summed E-state index contributed by atoms with van der Waals surface area (Å²) in [7, 11) is 0. The average molecular weight is 772 g/mol. The Bertz CT molecular complexity index is 2080. The van der Waals surface area contributed by atoms with E-state index >= 15 is 0 Å². The molecule has 0 saturated carbocycles. The lowest BCUT2D eigenvalue weighted by atomic mass is 10.1. The van der Waals surface area contributed by atoms with Crippen molar-refractivity contribution in [3.05, 3.63) is 69.7 Å². The van der Waals surface area contributed by atoms with E-state index in [9.17, 15) is 23.5 Å². The zero-order valence-electron chi connectivity index (χ0n) is 27.3. The van der Waals surface area contributed by atoms with Gasteiger partial charge in [-0.15, -0.1) is 6.42 Å². The van der Waals surface area contributed by atoms with Gasteiger partial charge < -0.3 is 50.5 Å². The van der Waals surface area contributed by atoms with Gasteiger partial charge in [0.2, 0.25) is 0 Å². The van der Waals surface area contributed by atoms with E-state index in [1.807, 2.05) is 5.92 Å². The third-order valence-corrected chi connectivity index (χ3v) is 7.81. The number of hydrogen-bond acceptors (Lipinski definition) is 10. The molecular formula is C34H33BrF2N6O8. The molecule has 14 nitrogen and oxygen atoms in total. The first-order valence-corrected chi connectivity index (χ1v) is 15.8. The molecule has 0 aliphatic carbocycles. The number of terminal acetylenes is 1. The standard InChI is InChI=1S/C17H16FN3O4.C12H9BrFN3O2.C5H8O2/c1-17(24,9-22)3-2-10-6-11-14(7-12(10)18)25-5-4-21-8-13(15(19)23)20-16(11)21;13-7-3-6-10(4-8(7)14)19-2-1-17-5-9(11(15)18)16-12(6)17;1-3-5(2,7)4-6/h6-8,22,24H,4-5,9H2,1H3,(H2,19,23);3-5H,1-2H2,(H2,15,18);1,6-7H,4H2,2H3. The fraction of sp³-hybridized carbons (Fsp3) is 0.294. The average Bonchev–Trinajstić information content (AvgIpc) is 3.63. The molecule has 2 aliphatic rings. The van der Waals surface area contributed by atoms with Gasteiger partial charge in [-0.25, -0.2) is 18.7 Å². The SMILES string of the molecule is C#CC(C)(O)CO.CC(O)(C#Cc1cc2c(cc1F)OCCn1cc(C(N)=O)nc1-2)CO.NC(=O)c1cn2c(n1)-c1cc(Br)c(F)cc1OCC2. The molecule has 4 heterocycles. The Labute approximate surface area is 298 Å². The molecular weight excluding hydrogens is 738 g/mol. The highest BCUT2D eigenvalue weighted by molar-refractivity contribution is 9.10. The van der Waals surface area contributed by atoms with Crippen LogP contribution in [-0.2, 0) is 13.1 Å². The Morgan fingerprint density at radius 2 is 1.35 bits per heavy atom. The Morgan fingerprint density at radius 1 is 0.882 bits per heavy atom. The lowest BCUT2D eigenvalue weighted by Crippen LogP contribution is -2.26. The van der Waals surface area contributed by atoms with Crippen LogP contribution in [0.15, 0.2) is 41.1 Å². The van der Waals surface area contributed by atoms with E-state index in [0.717, 1.165) is 0 Å². The van der Waals surface area contributed by atoms with Crippen LogP contribution in [0.1, 0.15) is 40.4 Å². The molecule has 268 valence electrons. The topological polar surface area (TPSA) is 221 Å². The Balaban J connectivity index is 0.000000198. The Morgan fingerprint density at radius 3 is 1.78 bits per heavy atom. The van der Waals surface area contributed by atoms with Crippen molar-refractivity contribution in [2.45, 2.75) is 38.1 Å². The van der Waals surface area contributed by atoms with Gasteiger partial charge >= 0.3 is 0 Å². The van der Waals surface area contributed by atoms with Gasteiger partial charge in [0.1, 0.15) is 70.6 Å². The third kappa shape index (κ3) is 9.28. The normalized spacial score (nSPS) is 14.6. The summed E-state index contributed by atoms with van der Waals surface area (Å²) in [6.45, 7) is 3.30. The molecule has 2 atom stereocenters. The first-order chi connectivity index (χ1) is 24.0. The molecule has 0 bridgehead atoms. The van der Waals surface area contributed by atoms with Crippen molar-refractivity contribution >= 4 is 27.7 Å². The number of carbonyl (C=O) groups is 2. The molecule has 2 unspecified atom stereocenters. The molecule has 0 radical (unpaired) electrons. The molecule has 4 aromatic rings. The van der Waals surface area contributed by atoms with Gasteiger partial charge in [0.25, 0.3) is 11.8 Å². The summed E-state index contributed by atoms with van der Waals surface area (Å²) in [4.78, 5) is 30.9. The van der Waals surface area contributed by atoms with Gasteiger partial charge in [0.05, 0.1) is 47.5 Å². The van der Waals surface area contributed by atoms with Gasteiger partial charge in [-0.05, 0) is 41.9 Å². The summed E-state index contributed by atoms with van der Waals surface area (Å²) in [5.41, 5.74) is 8.89. The second-order valence-electron chi connectivity index (χ2n) is 11.6. The predicted molar refractivity (Wildman–Crippen MR) is 182 cm³/mol. The molecule has 2 aromatic carbocycles. The third-order valence-electron chi connectivity index (χ3n) is 7.20. The van der Waals surface area contributed by atoms with Crippen molar-refractivity contribution in [3.63, 3.8) is 0 Å². The highest BCUT2D eigenvalue weighted by Gasteiger charge is 2.24. The fourth-order valence-corrected chi connectivity index (χ4v) is 4.75. The van der Waals surface area contributed by atoms with Crippen molar-refractivity contribution < 1.29 is 48.3 Å². The lowest BCUT2D eigenvalue weighted by molar-refractivity contribution is 0.0518. The number of aliphatic hydroxyl groups is 4. The summed E-state index contributed by atoms with van der Waals surface area (Å²) in [5.74, 6) is 6.26. The molecule has 2 amide bonds. The van der Waals surface area contributed by atoms with E-state index in [1.54, 1.807) is 21.4 Å². The van der Waals surface area contributed by atoms with Crippen LogP contribution in [0, 0.1) is 35.8 Å². The number of amides is 2. The quantitative estimate of drug-likeness (QED) is 0.165. The number of ether oxygens (including phenoxy) is 2. The summed E-state index contributed by atoms with van der Waals surface area (Å²) in [5, 5.41) is 35.6. The number of primary amides is 2. The minimum absolute atomic E-state index is 0.00755.